The van der Waals surface area contributed by atoms with Crippen LogP contribution in [0.1, 0.15) is 12.0 Å². The molecule has 2 aliphatic heterocycles. The second-order valence-corrected chi connectivity index (χ2v) is 7.75. The van der Waals surface area contributed by atoms with Gasteiger partial charge in [0.2, 0.25) is 5.91 Å². The van der Waals surface area contributed by atoms with Gasteiger partial charge in [-0.05, 0) is 36.4 Å². The number of nitro groups is 1. The molecular formula is C21H18F4N4O4. The maximum atomic E-state index is 13.2. The van der Waals surface area contributed by atoms with E-state index in [0.717, 1.165) is 29.2 Å². The van der Waals surface area contributed by atoms with Gasteiger partial charge in [0.25, 0.3) is 11.6 Å². The molecule has 33 heavy (non-hydrogen) atoms. The molecule has 4 rings (SSSR count). The Morgan fingerprint density at radius 1 is 0.970 bits per heavy atom. The molecule has 0 spiro atoms. The van der Waals surface area contributed by atoms with Crippen molar-refractivity contribution in [3.05, 3.63) is 64.0 Å². The third-order valence-corrected chi connectivity index (χ3v) is 5.80. The maximum absolute atomic E-state index is 13.2. The Labute approximate surface area is 185 Å². The number of nitro benzene ring substituents is 1. The first-order valence-corrected chi connectivity index (χ1v) is 10.0. The van der Waals surface area contributed by atoms with E-state index in [1.165, 1.54) is 12.1 Å². The van der Waals surface area contributed by atoms with Crippen molar-refractivity contribution < 1.29 is 32.1 Å². The van der Waals surface area contributed by atoms with E-state index in [1.807, 2.05) is 0 Å². The standard InChI is InChI=1S/C21H18F4N4O4/c22-14-2-4-15(5-3-14)28-19(30)12-18(20(28)31)27-9-7-26(8-10-27)16-6-1-13(21(23,24)25)11-17(16)29(32)33/h1-6,11,18H,7-10,12H2. The quantitative estimate of drug-likeness (QED) is 0.298. The number of amides is 2. The summed E-state index contributed by atoms with van der Waals surface area (Å²) in [5.41, 5.74) is -1.41. The second-order valence-electron chi connectivity index (χ2n) is 7.75. The molecule has 0 aromatic heterocycles. The van der Waals surface area contributed by atoms with E-state index < -0.39 is 46.0 Å². The number of anilines is 2. The molecule has 0 N–H and O–H groups in total. The number of rotatable bonds is 4. The average Bonchev–Trinajstić information content (AvgIpc) is 3.07. The first-order valence-electron chi connectivity index (χ1n) is 10.0. The number of piperazine rings is 1. The Hall–Kier alpha value is -3.54. The smallest absolute Gasteiger partial charge is 0.363 e. The molecule has 0 aliphatic carbocycles. The number of carbonyl (C=O) groups is 2. The zero-order valence-corrected chi connectivity index (χ0v) is 17.1. The van der Waals surface area contributed by atoms with Gasteiger partial charge in [0.1, 0.15) is 11.5 Å². The Morgan fingerprint density at radius 3 is 2.18 bits per heavy atom. The van der Waals surface area contributed by atoms with Crippen LogP contribution in [0.2, 0.25) is 0 Å². The molecule has 2 amide bonds. The minimum atomic E-state index is -4.70. The highest BCUT2D eigenvalue weighted by molar-refractivity contribution is 6.22. The van der Waals surface area contributed by atoms with Crippen LogP contribution in [0, 0.1) is 15.9 Å². The lowest BCUT2D eigenvalue weighted by molar-refractivity contribution is -0.384. The summed E-state index contributed by atoms with van der Waals surface area (Å²) in [6.07, 6.45) is -4.76. The summed E-state index contributed by atoms with van der Waals surface area (Å²) in [7, 11) is 0. The number of hydrogen-bond acceptors (Lipinski definition) is 6. The number of imide groups is 1. The largest absolute Gasteiger partial charge is 0.416 e. The van der Waals surface area contributed by atoms with Crippen LogP contribution < -0.4 is 9.80 Å². The molecule has 2 aromatic rings. The molecule has 174 valence electrons. The van der Waals surface area contributed by atoms with Crippen molar-refractivity contribution in [1.29, 1.82) is 0 Å². The molecule has 1 atom stereocenters. The maximum Gasteiger partial charge on any atom is 0.416 e. The molecule has 12 heteroatoms. The zero-order valence-electron chi connectivity index (χ0n) is 17.1. The van der Waals surface area contributed by atoms with Crippen molar-refractivity contribution in [3.63, 3.8) is 0 Å². The third-order valence-electron chi connectivity index (χ3n) is 5.80. The summed E-state index contributed by atoms with van der Waals surface area (Å²) in [5, 5.41) is 11.4. The molecule has 2 fully saturated rings. The van der Waals surface area contributed by atoms with Crippen LogP contribution in [-0.2, 0) is 15.8 Å². The van der Waals surface area contributed by atoms with Crippen LogP contribution in [-0.4, -0.2) is 53.9 Å². The molecular weight excluding hydrogens is 448 g/mol. The highest BCUT2D eigenvalue weighted by Crippen LogP contribution is 2.37. The fourth-order valence-electron chi connectivity index (χ4n) is 4.15. The van der Waals surface area contributed by atoms with Gasteiger partial charge in [0.15, 0.2) is 0 Å². The number of hydrogen-bond donors (Lipinski definition) is 0. The van der Waals surface area contributed by atoms with E-state index in [-0.39, 0.29) is 44.0 Å². The fourth-order valence-corrected chi connectivity index (χ4v) is 4.15. The van der Waals surface area contributed by atoms with Gasteiger partial charge in [0, 0.05) is 32.2 Å². The Morgan fingerprint density at radius 2 is 1.61 bits per heavy atom. The van der Waals surface area contributed by atoms with E-state index in [0.29, 0.717) is 6.07 Å². The molecule has 0 saturated carbocycles. The van der Waals surface area contributed by atoms with E-state index in [4.69, 9.17) is 0 Å². The summed E-state index contributed by atoms with van der Waals surface area (Å²) >= 11 is 0. The highest BCUT2D eigenvalue weighted by Gasteiger charge is 2.43. The second kappa shape index (κ2) is 8.43. The van der Waals surface area contributed by atoms with Crippen LogP contribution in [0.4, 0.5) is 34.6 Å². The molecule has 2 aromatic carbocycles. The molecule has 0 radical (unpaired) electrons. The van der Waals surface area contributed by atoms with E-state index >= 15 is 0 Å². The summed E-state index contributed by atoms with van der Waals surface area (Å²) < 4.78 is 52.0. The first kappa shape index (κ1) is 22.6. The van der Waals surface area contributed by atoms with Gasteiger partial charge in [-0.15, -0.1) is 0 Å². The Bertz CT molecular complexity index is 1100. The van der Waals surface area contributed by atoms with Crippen molar-refractivity contribution in [3.8, 4) is 0 Å². The number of benzene rings is 2. The van der Waals surface area contributed by atoms with Gasteiger partial charge in [-0.3, -0.25) is 24.6 Å². The fraction of sp³-hybridized carbons (Fsp3) is 0.333. The summed E-state index contributed by atoms with van der Waals surface area (Å²) in [6, 6.07) is 6.65. The predicted octanol–water partition coefficient (Wildman–Crippen LogP) is 3.21. The summed E-state index contributed by atoms with van der Waals surface area (Å²) in [6.45, 7) is 1.000. The molecule has 2 heterocycles. The monoisotopic (exact) mass is 466 g/mol. The van der Waals surface area contributed by atoms with E-state index in [9.17, 15) is 37.3 Å². The number of halogens is 4. The van der Waals surface area contributed by atoms with Crippen LogP contribution in [0.3, 0.4) is 0 Å². The number of carbonyl (C=O) groups excluding carboxylic acids is 2. The van der Waals surface area contributed by atoms with Gasteiger partial charge in [0.05, 0.1) is 28.6 Å². The number of alkyl halides is 3. The van der Waals surface area contributed by atoms with Crippen LogP contribution in [0.15, 0.2) is 42.5 Å². The van der Waals surface area contributed by atoms with Crippen molar-refractivity contribution in [2.45, 2.75) is 18.6 Å². The summed E-state index contributed by atoms with van der Waals surface area (Å²) in [4.78, 5) is 40.2. The van der Waals surface area contributed by atoms with Crippen molar-refractivity contribution in [2.75, 3.05) is 36.0 Å². The predicted molar refractivity (Wildman–Crippen MR) is 109 cm³/mol. The van der Waals surface area contributed by atoms with Gasteiger partial charge in [-0.25, -0.2) is 9.29 Å². The molecule has 0 bridgehead atoms. The van der Waals surface area contributed by atoms with Crippen LogP contribution in [0.25, 0.3) is 0 Å². The minimum Gasteiger partial charge on any atom is -0.363 e. The molecule has 2 saturated heterocycles. The Kier molecular flexibility index (Phi) is 5.78. The normalized spacial score (nSPS) is 19.9. The SMILES string of the molecule is O=C1CC(N2CCN(c3ccc(C(F)(F)F)cc3[N+](=O)[O-])CC2)C(=O)N1c1ccc(F)cc1. The molecule has 8 nitrogen and oxygen atoms in total. The lowest BCUT2D eigenvalue weighted by Gasteiger charge is -2.37. The van der Waals surface area contributed by atoms with Crippen molar-refractivity contribution in [1.82, 2.24) is 4.90 Å². The minimum absolute atomic E-state index is 0.0589. The Balaban J connectivity index is 1.47. The highest BCUT2D eigenvalue weighted by atomic mass is 19.4. The van der Waals surface area contributed by atoms with Gasteiger partial charge in [-0.1, -0.05) is 0 Å². The molecule has 2 aliphatic rings. The van der Waals surface area contributed by atoms with Gasteiger partial charge in [-0.2, -0.15) is 13.2 Å². The van der Waals surface area contributed by atoms with Crippen LogP contribution in [0.5, 0.6) is 0 Å². The van der Waals surface area contributed by atoms with Gasteiger partial charge >= 0.3 is 6.18 Å². The van der Waals surface area contributed by atoms with Crippen molar-refractivity contribution in [2.24, 2.45) is 0 Å². The zero-order chi connectivity index (χ0) is 23.9. The van der Waals surface area contributed by atoms with E-state index in [2.05, 4.69) is 0 Å². The number of nitrogens with zero attached hydrogens (tertiary/aromatic N) is 4. The molecule has 1 unspecified atom stereocenters. The average molecular weight is 466 g/mol. The van der Waals surface area contributed by atoms with Gasteiger partial charge < -0.3 is 4.90 Å². The van der Waals surface area contributed by atoms with Crippen LogP contribution >= 0.6 is 0 Å². The lowest BCUT2D eigenvalue weighted by atomic mass is 10.1. The lowest BCUT2D eigenvalue weighted by Crippen LogP contribution is -2.52. The summed E-state index contributed by atoms with van der Waals surface area (Å²) in [5.74, 6) is -1.36. The van der Waals surface area contributed by atoms with E-state index in [1.54, 1.807) is 9.80 Å². The first-order chi connectivity index (χ1) is 15.6. The van der Waals surface area contributed by atoms with Crippen molar-refractivity contribution >= 4 is 28.9 Å². The topological polar surface area (TPSA) is 87.0 Å². The third kappa shape index (κ3) is 4.38.